The van der Waals surface area contributed by atoms with E-state index in [1.807, 2.05) is 42.5 Å². The number of rotatable bonds is 1. The third-order valence-electron chi connectivity index (χ3n) is 3.68. The minimum Gasteiger partial charge on any atom is -0.423 e. The van der Waals surface area contributed by atoms with Crippen LogP contribution in [0.15, 0.2) is 54.6 Å². The molecule has 4 rings (SSSR count). The van der Waals surface area contributed by atoms with Gasteiger partial charge in [0.05, 0.1) is 0 Å². The Morgan fingerprint density at radius 2 is 1.55 bits per heavy atom. The van der Waals surface area contributed by atoms with Crippen molar-refractivity contribution in [3.63, 3.8) is 0 Å². The average molecular weight is 278 g/mol. The number of hydrogen-bond donors (Lipinski definition) is 2. The summed E-state index contributed by atoms with van der Waals surface area (Å²) < 4.78 is 2.29. The zero-order chi connectivity index (χ0) is 13.7. The van der Waals surface area contributed by atoms with Crippen molar-refractivity contribution < 1.29 is 10.0 Å². The van der Waals surface area contributed by atoms with Crippen LogP contribution in [0.3, 0.4) is 0 Å². The second kappa shape index (κ2) is 4.31. The molecule has 0 bridgehead atoms. The van der Waals surface area contributed by atoms with E-state index in [1.54, 1.807) is 11.3 Å². The van der Waals surface area contributed by atoms with E-state index in [1.165, 1.54) is 4.70 Å². The topological polar surface area (TPSA) is 40.5 Å². The molecule has 0 saturated heterocycles. The van der Waals surface area contributed by atoms with Crippen molar-refractivity contribution in [3.05, 3.63) is 54.6 Å². The molecule has 0 aliphatic carbocycles. The van der Waals surface area contributed by atoms with Gasteiger partial charge in [0.15, 0.2) is 0 Å². The van der Waals surface area contributed by atoms with Crippen LogP contribution in [0.2, 0.25) is 0 Å². The zero-order valence-electron chi connectivity index (χ0n) is 10.6. The zero-order valence-corrected chi connectivity index (χ0v) is 11.4. The largest absolute Gasteiger partial charge is 0.489 e. The fourth-order valence-corrected chi connectivity index (χ4v) is 4.07. The molecule has 2 nitrogen and oxygen atoms in total. The Hall–Kier alpha value is -1.88. The van der Waals surface area contributed by atoms with Gasteiger partial charge in [-0.25, -0.2) is 0 Å². The molecule has 4 aromatic rings. The highest BCUT2D eigenvalue weighted by Crippen LogP contribution is 2.37. The molecule has 0 unspecified atom stereocenters. The molecule has 0 amide bonds. The first-order chi connectivity index (χ1) is 9.75. The lowest BCUT2D eigenvalue weighted by molar-refractivity contribution is 0.426. The maximum absolute atomic E-state index is 9.72. The summed E-state index contributed by atoms with van der Waals surface area (Å²) >= 11 is 1.70. The summed E-state index contributed by atoms with van der Waals surface area (Å²) in [5.74, 6) is 0. The molecule has 0 saturated carbocycles. The SMILES string of the molecule is OB(O)c1cc2ccccc2c2sc3ccccc3c12. The summed E-state index contributed by atoms with van der Waals surface area (Å²) in [6, 6.07) is 18.0. The number of fused-ring (bicyclic) bond motifs is 5. The molecule has 0 aliphatic heterocycles. The Bertz CT molecular complexity index is 943. The van der Waals surface area contributed by atoms with Crippen molar-refractivity contribution in [1.29, 1.82) is 0 Å². The first kappa shape index (κ1) is 11.9. The normalized spacial score (nSPS) is 11.5. The summed E-state index contributed by atoms with van der Waals surface area (Å²) in [7, 11) is -1.46. The predicted molar refractivity (Wildman–Crippen MR) is 86.7 cm³/mol. The van der Waals surface area contributed by atoms with E-state index < -0.39 is 7.12 Å². The maximum atomic E-state index is 9.72. The van der Waals surface area contributed by atoms with Crippen LogP contribution in [0.1, 0.15) is 0 Å². The van der Waals surface area contributed by atoms with Crippen molar-refractivity contribution in [3.8, 4) is 0 Å². The maximum Gasteiger partial charge on any atom is 0.489 e. The Balaban J connectivity index is 2.33. The molecule has 1 heterocycles. The molecular formula is C16H11BO2S. The number of hydrogen-bond acceptors (Lipinski definition) is 3. The van der Waals surface area contributed by atoms with Gasteiger partial charge in [-0.3, -0.25) is 0 Å². The van der Waals surface area contributed by atoms with Crippen LogP contribution in [0.25, 0.3) is 30.9 Å². The monoisotopic (exact) mass is 278 g/mol. The lowest BCUT2D eigenvalue weighted by Crippen LogP contribution is -2.30. The van der Waals surface area contributed by atoms with E-state index in [-0.39, 0.29) is 0 Å². The highest BCUT2D eigenvalue weighted by Gasteiger charge is 2.20. The van der Waals surface area contributed by atoms with Crippen LogP contribution < -0.4 is 5.46 Å². The van der Waals surface area contributed by atoms with Gasteiger partial charge in [-0.2, -0.15) is 0 Å². The van der Waals surface area contributed by atoms with Crippen molar-refractivity contribution in [2.45, 2.75) is 0 Å². The molecule has 0 fully saturated rings. The molecule has 96 valence electrons. The van der Waals surface area contributed by atoms with E-state index >= 15 is 0 Å². The Kier molecular flexibility index (Phi) is 2.57. The summed E-state index contributed by atoms with van der Waals surface area (Å²) in [5, 5.41) is 23.7. The standard InChI is InChI=1S/C16H11BO2S/c18-17(19)13-9-10-5-1-2-6-11(10)16-15(13)12-7-3-4-8-14(12)20-16/h1-9,18-19H. The lowest BCUT2D eigenvalue weighted by Gasteiger charge is -2.06. The van der Waals surface area contributed by atoms with E-state index in [9.17, 15) is 10.0 Å². The third kappa shape index (κ3) is 1.59. The van der Waals surface area contributed by atoms with Gasteiger partial charge in [0.25, 0.3) is 0 Å². The fourth-order valence-electron chi connectivity index (χ4n) is 2.79. The molecule has 3 aromatic carbocycles. The van der Waals surface area contributed by atoms with Gasteiger partial charge >= 0.3 is 7.12 Å². The van der Waals surface area contributed by atoms with Crippen molar-refractivity contribution in [2.24, 2.45) is 0 Å². The Morgan fingerprint density at radius 1 is 0.850 bits per heavy atom. The minimum atomic E-state index is -1.46. The molecule has 1 aromatic heterocycles. The minimum absolute atomic E-state index is 0.580. The highest BCUT2D eigenvalue weighted by molar-refractivity contribution is 7.27. The molecule has 0 radical (unpaired) electrons. The van der Waals surface area contributed by atoms with E-state index in [4.69, 9.17) is 0 Å². The molecule has 0 spiro atoms. The second-order valence-electron chi connectivity index (χ2n) is 4.86. The van der Waals surface area contributed by atoms with Crippen LogP contribution in [0.4, 0.5) is 0 Å². The lowest BCUT2D eigenvalue weighted by atomic mass is 9.76. The van der Waals surface area contributed by atoms with Gasteiger partial charge in [0.2, 0.25) is 0 Å². The van der Waals surface area contributed by atoms with Gasteiger partial charge in [0, 0.05) is 14.8 Å². The van der Waals surface area contributed by atoms with Crippen molar-refractivity contribution >= 4 is 54.9 Å². The number of thiophene rings is 1. The van der Waals surface area contributed by atoms with E-state index in [2.05, 4.69) is 12.1 Å². The van der Waals surface area contributed by atoms with Crippen LogP contribution in [0.5, 0.6) is 0 Å². The van der Waals surface area contributed by atoms with Crippen molar-refractivity contribution in [2.75, 3.05) is 0 Å². The fraction of sp³-hybridized carbons (Fsp3) is 0. The number of benzene rings is 3. The summed E-state index contributed by atoms with van der Waals surface area (Å²) in [6.45, 7) is 0. The summed E-state index contributed by atoms with van der Waals surface area (Å²) in [5.41, 5.74) is 0.580. The molecule has 0 atom stereocenters. The third-order valence-corrected chi connectivity index (χ3v) is 4.88. The van der Waals surface area contributed by atoms with E-state index in [0.29, 0.717) is 5.46 Å². The van der Waals surface area contributed by atoms with Gasteiger partial charge in [-0.15, -0.1) is 11.3 Å². The van der Waals surface area contributed by atoms with Crippen LogP contribution in [-0.4, -0.2) is 17.2 Å². The van der Waals surface area contributed by atoms with E-state index in [0.717, 1.165) is 26.2 Å². The smallest absolute Gasteiger partial charge is 0.423 e. The molecule has 20 heavy (non-hydrogen) atoms. The first-order valence-corrected chi connectivity index (χ1v) is 7.26. The molecular weight excluding hydrogens is 267 g/mol. The van der Waals surface area contributed by atoms with Gasteiger partial charge in [0.1, 0.15) is 0 Å². The predicted octanol–water partition coefficient (Wildman–Crippen LogP) is 2.89. The Morgan fingerprint density at radius 3 is 2.35 bits per heavy atom. The Labute approximate surface area is 120 Å². The second-order valence-corrected chi connectivity index (χ2v) is 5.92. The highest BCUT2D eigenvalue weighted by atomic mass is 32.1. The van der Waals surface area contributed by atoms with Gasteiger partial charge < -0.3 is 10.0 Å². The van der Waals surface area contributed by atoms with Gasteiger partial charge in [-0.05, 0) is 27.7 Å². The van der Waals surface area contributed by atoms with Crippen LogP contribution >= 0.6 is 11.3 Å². The van der Waals surface area contributed by atoms with Gasteiger partial charge in [-0.1, -0.05) is 48.5 Å². The average Bonchev–Trinajstić information content (AvgIpc) is 2.86. The van der Waals surface area contributed by atoms with Crippen LogP contribution in [0, 0.1) is 0 Å². The van der Waals surface area contributed by atoms with Crippen molar-refractivity contribution in [1.82, 2.24) is 0 Å². The quantitative estimate of drug-likeness (QED) is 0.526. The molecule has 4 heteroatoms. The first-order valence-electron chi connectivity index (χ1n) is 6.45. The summed E-state index contributed by atoms with van der Waals surface area (Å²) in [6.07, 6.45) is 0. The summed E-state index contributed by atoms with van der Waals surface area (Å²) in [4.78, 5) is 0. The molecule has 2 N–H and O–H groups in total. The molecule has 0 aliphatic rings. The van der Waals surface area contributed by atoms with Crippen LogP contribution in [-0.2, 0) is 0 Å².